The summed E-state index contributed by atoms with van der Waals surface area (Å²) in [6.45, 7) is 6.70. The minimum Gasteiger partial charge on any atom is -0.496 e. The molecule has 11 nitrogen and oxygen atoms in total. The third-order valence-corrected chi connectivity index (χ3v) is 12.9. The van der Waals surface area contributed by atoms with Gasteiger partial charge in [0.05, 0.1) is 17.8 Å². The Balaban J connectivity index is 0.903. The number of anilines is 1. The third-order valence-electron chi connectivity index (χ3n) is 11.0. The van der Waals surface area contributed by atoms with E-state index in [2.05, 4.69) is 44.8 Å². The van der Waals surface area contributed by atoms with E-state index in [1.54, 1.807) is 31.5 Å². The Morgan fingerprint density at radius 1 is 0.964 bits per heavy atom. The molecule has 0 aliphatic carbocycles. The lowest BCUT2D eigenvalue weighted by atomic mass is 9.99. The molecule has 13 heteroatoms. The maximum Gasteiger partial charge on any atom is 0.255 e. The fraction of sp³-hybridized carbons (Fsp3) is 0.405. The monoisotopic (exact) mass is 782 g/mol. The highest BCUT2D eigenvalue weighted by Gasteiger charge is 2.39. The van der Waals surface area contributed by atoms with Crippen molar-refractivity contribution in [3.8, 4) is 5.75 Å². The van der Waals surface area contributed by atoms with Gasteiger partial charge in [-0.05, 0) is 80.8 Å². The lowest BCUT2D eigenvalue weighted by Gasteiger charge is -2.34. The number of carbonyl (C=O) groups is 3. The van der Waals surface area contributed by atoms with E-state index in [9.17, 15) is 18.9 Å². The Labute approximate surface area is 327 Å². The lowest BCUT2D eigenvalue weighted by molar-refractivity contribution is -0.136. The summed E-state index contributed by atoms with van der Waals surface area (Å²) in [5.41, 5.74) is 6.58. The molecule has 1 aromatic heterocycles. The summed E-state index contributed by atoms with van der Waals surface area (Å²) in [7, 11) is -0.782. The Hall–Kier alpha value is -4.57. The molecule has 0 radical (unpaired) electrons. The van der Waals surface area contributed by atoms with Crippen LogP contribution in [0.5, 0.6) is 5.75 Å². The molecule has 2 N–H and O–H groups in total. The van der Waals surface area contributed by atoms with Crippen molar-refractivity contribution in [1.82, 2.24) is 25.5 Å². The van der Waals surface area contributed by atoms with Crippen LogP contribution >= 0.6 is 18.7 Å². The van der Waals surface area contributed by atoms with Gasteiger partial charge < -0.3 is 24.4 Å². The lowest BCUT2D eigenvalue weighted by Crippen LogP contribution is -2.52. The molecule has 3 amide bonds. The molecule has 4 heterocycles. The quantitative estimate of drug-likeness (QED) is 0.102. The van der Waals surface area contributed by atoms with Gasteiger partial charge in [-0.15, -0.1) is 0 Å². The number of hydrogen-bond acceptors (Lipinski definition) is 9. The molecular formula is C42H48ClN6O5P. The zero-order chi connectivity index (χ0) is 38.7. The van der Waals surface area contributed by atoms with Crippen molar-refractivity contribution in [1.29, 1.82) is 0 Å². The Kier molecular flexibility index (Phi) is 11.7. The van der Waals surface area contributed by atoms with Crippen LogP contribution in [0.4, 0.5) is 5.69 Å². The Bertz CT molecular complexity index is 2150. The summed E-state index contributed by atoms with van der Waals surface area (Å²) < 4.78 is 18.8. The normalized spacial score (nSPS) is 17.7. The number of nitrogens with one attached hydrogen (secondary N) is 2. The van der Waals surface area contributed by atoms with E-state index in [1.165, 1.54) is 0 Å². The highest BCUT2D eigenvalue weighted by Crippen LogP contribution is 2.37. The van der Waals surface area contributed by atoms with Crippen LogP contribution in [0.15, 0.2) is 66.9 Å². The molecule has 1 atom stereocenters. The van der Waals surface area contributed by atoms with Crippen molar-refractivity contribution in [2.24, 2.45) is 0 Å². The zero-order valence-electron chi connectivity index (χ0n) is 31.6. The van der Waals surface area contributed by atoms with E-state index in [0.717, 1.165) is 84.3 Å². The molecule has 4 aromatic rings. The van der Waals surface area contributed by atoms with Gasteiger partial charge in [0.2, 0.25) is 11.8 Å². The average Bonchev–Trinajstić information content (AvgIpc) is 3.51. The largest absolute Gasteiger partial charge is 0.496 e. The molecule has 1 unspecified atom stereocenters. The topological polar surface area (TPSA) is 134 Å². The molecule has 2 saturated heterocycles. The zero-order valence-corrected chi connectivity index (χ0v) is 33.3. The first-order chi connectivity index (χ1) is 26.5. The highest BCUT2D eigenvalue weighted by molar-refractivity contribution is 7.70. The van der Waals surface area contributed by atoms with Crippen LogP contribution in [-0.4, -0.2) is 84.7 Å². The first-order valence-electron chi connectivity index (χ1n) is 19.0. The number of amides is 3. The number of rotatable bonds is 13. The van der Waals surface area contributed by atoms with Crippen LogP contribution in [0.1, 0.15) is 76.2 Å². The van der Waals surface area contributed by atoms with Crippen molar-refractivity contribution < 1.29 is 23.7 Å². The first-order valence-corrected chi connectivity index (χ1v) is 22.0. The van der Waals surface area contributed by atoms with Crippen LogP contribution < -0.4 is 25.6 Å². The highest BCUT2D eigenvalue weighted by atomic mass is 35.5. The molecule has 3 aliphatic rings. The molecule has 2 fully saturated rings. The predicted octanol–water partition coefficient (Wildman–Crippen LogP) is 5.52. The van der Waals surface area contributed by atoms with Gasteiger partial charge in [0.15, 0.2) is 0 Å². The van der Waals surface area contributed by atoms with E-state index in [1.807, 2.05) is 36.4 Å². The molecule has 0 spiro atoms. The summed E-state index contributed by atoms with van der Waals surface area (Å²) in [6, 6.07) is 19.8. The number of piperidine rings is 2. The Morgan fingerprint density at radius 3 is 2.51 bits per heavy atom. The van der Waals surface area contributed by atoms with E-state index in [0.29, 0.717) is 54.0 Å². The van der Waals surface area contributed by atoms with Gasteiger partial charge in [-0.3, -0.25) is 19.7 Å². The number of aryl methyl sites for hydroxylation is 1. The van der Waals surface area contributed by atoms with Crippen molar-refractivity contribution in [3.05, 3.63) is 111 Å². The predicted molar refractivity (Wildman–Crippen MR) is 215 cm³/mol. The fourth-order valence-corrected chi connectivity index (χ4v) is 9.52. The van der Waals surface area contributed by atoms with Gasteiger partial charge in [0, 0.05) is 79.3 Å². The maximum atomic E-state index is 13.2. The maximum absolute atomic E-state index is 13.2. The number of methoxy groups -OCH3 is 1. The van der Waals surface area contributed by atoms with Gasteiger partial charge in [0.25, 0.3) is 5.91 Å². The van der Waals surface area contributed by atoms with Gasteiger partial charge in [-0.2, -0.15) is 0 Å². The van der Waals surface area contributed by atoms with Gasteiger partial charge in [-0.25, -0.2) is 9.97 Å². The van der Waals surface area contributed by atoms with Crippen LogP contribution in [0.2, 0.25) is 5.02 Å². The molecule has 7 rings (SSSR count). The molecule has 288 valence electrons. The number of imide groups is 1. The summed E-state index contributed by atoms with van der Waals surface area (Å²) in [5.74, 6) is 0.638. The van der Waals surface area contributed by atoms with Crippen molar-refractivity contribution in [2.75, 3.05) is 45.0 Å². The standard InChI is InChI=1S/C42H48ClN6O5P/c1-54-37-24-31(14-13-28(37)23-39-45-25-34(43)35(46-39)22-29-8-4-5-12-38(29)55(2,3)53)48-20-17-30(18-21-48)44-19-7-10-27-9-6-11-32-33(27)26-49(42(32)52)36-15-16-40(50)47-41(36)51/h4-6,8-9,11-14,24-25,30,36,44H,7,10,15-23,26H2,1-3H3,(H,47,50,51). The van der Waals surface area contributed by atoms with Gasteiger partial charge >= 0.3 is 0 Å². The number of fused-ring (bicyclic) bond motifs is 1. The van der Waals surface area contributed by atoms with E-state index in [4.69, 9.17) is 21.3 Å². The molecule has 0 saturated carbocycles. The number of ether oxygens (including phenoxy) is 1. The minimum atomic E-state index is -2.47. The van der Waals surface area contributed by atoms with Crippen molar-refractivity contribution in [2.45, 2.75) is 70.0 Å². The first kappa shape index (κ1) is 38.7. The van der Waals surface area contributed by atoms with E-state index in [-0.39, 0.29) is 24.1 Å². The second kappa shape index (κ2) is 16.7. The second-order valence-electron chi connectivity index (χ2n) is 15.1. The van der Waals surface area contributed by atoms with E-state index < -0.39 is 13.2 Å². The summed E-state index contributed by atoms with van der Waals surface area (Å²) in [5, 5.41) is 7.46. The number of aromatic nitrogens is 2. The molecule has 3 aliphatic heterocycles. The van der Waals surface area contributed by atoms with Crippen LogP contribution in [-0.2, 0) is 40.0 Å². The number of benzene rings is 3. The summed E-state index contributed by atoms with van der Waals surface area (Å²) in [4.78, 5) is 50.7. The average molecular weight is 783 g/mol. The van der Waals surface area contributed by atoms with Crippen LogP contribution in [0.25, 0.3) is 0 Å². The second-order valence-corrected chi connectivity index (χ2v) is 18.7. The smallest absolute Gasteiger partial charge is 0.255 e. The summed E-state index contributed by atoms with van der Waals surface area (Å²) in [6.07, 6.45) is 7.05. The third kappa shape index (κ3) is 8.80. The Morgan fingerprint density at radius 2 is 1.75 bits per heavy atom. The molecule has 0 bridgehead atoms. The van der Waals surface area contributed by atoms with Crippen LogP contribution in [0, 0.1) is 0 Å². The number of halogens is 1. The molecule has 55 heavy (non-hydrogen) atoms. The number of nitrogens with zero attached hydrogens (tertiary/aromatic N) is 4. The molecular weight excluding hydrogens is 735 g/mol. The van der Waals surface area contributed by atoms with Crippen LogP contribution in [0.3, 0.4) is 0 Å². The van der Waals surface area contributed by atoms with Crippen molar-refractivity contribution >= 4 is 47.5 Å². The van der Waals surface area contributed by atoms with E-state index >= 15 is 0 Å². The summed E-state index contributed by atoms with van der Waals surface area (Å²) >= 11 is 6.55. The minimum absolute atomic E-state index is 0.130. The van der Waals surface area contributed by atoms with Gasteiger partial charge in [-0.1, -0.05) is 54.1 Å². The fourth-order valence-electron chi connectivity index (χ4n) is 8.08. The number of hydrogen-bond donors (Lipinski definition) is 2. The van der Waals surface area contributed by atoms with Gasteiger partial charge in [0.1, 0.15) is 24.8 Å². The molecule has 3 aromatic carbocycles. The van der Waals surface area contributed by atoms with Crippen molar-refractivity contribution in [3.63, 3.8) is 0 Å². The SMILES string of the molecule is COc1cc(N2CCC(NCCCc3cccc4c3CN(C3CCC(=O)NC3=O)C4=O)CC2)ccc1Cc1ncc(Cl)c(Cc2ccccc2P(C)(C)=O)n1. The number of carbonyl (C=O) groups excluding carboxylic acids is 3.